The Bertz CT molecular complexity index is 1410. The summed E-state index contributed by atoms with van der Waals surface area (Å²) in [6.45, 7) is 6.81. The van der Waals surface area contributed by atoms with Gasteiger partial charge in [-0.15, -0.1) is 0 Å². The highest BCUT2D eigenvalue weighted by molar-refractivity contribution is 7.75. The number of hydrogen-bond donors (Lipinski definition) is 3. The quantitative estimate of drug-likeness (QED) is 0.324. The van der Waals surface area contributed by atoms with Crippen LogP contribution in [-0.4, -0.2) is 56.8 Å². The van der Waals surface area contributed by atoms with Crippen LogP contribution in [0.3, 0.4) is 0 Å². The minimum Gasteiger partial charge on any atom is -0.496 e. The summed E-state index contributed by atoms with van der Waals surface area (Å²) < 4.78 is 21.6. The average molecular weight is 606 g/mol. The van der Waals surface area contributed by atoms with Gasteiger partial charge in [-0.3, -0.25) is 18.6 Å². The van der Waals surface area contributed by atoms with E-state index in [-0.39, 0.29) is 41.4 Å². The van der Waals surface area contributed by atoms with Gasteiger partial charge in [0.2, 0.25) is 17.7 Å². The van der Waals surface area contributed by atoms with Crippen LogP contribution in [0.25, 0.3) is 0 Å². The summed E-state index contributed by atoms with van der Waals surface area (Å²) in [5.41, 5.74) is 0.0827. The van der Waals surface area contributed by atoms with E-state index in [9.17, 15) is 28.5 Å². The second kappa shape index (κ2) is 13.5. The molecule has 0 aliphatic carbocycles. The number of piperidine rings is 1. The molecular formula is C29H36ClN3O7S. The molecule has 2 aromatic rings. The van der Waals surface area contributed by atoms with E-state index in [0.717, 1.165) is 5.56 Å². The Hall–Kier alpha value is -3.44. The Morgan fingerprint density at radius 3 is 2.44 bits per heavy atom. The Labute approximate surface area is 246 Å². The van der Waals surface area contributed by atoms with Crippen molar-refractivity contribution < 1.29 is 33.2 Å². The summed E-state index contributed by atoms with van der Waals surface area (Å²) in [6.07, 6.45) is 0.828. The molecule has 41 heavy (non-hydrogen) atoms. The number of likely N-dealkylation sites (tertiary alicyclic amines) is 1. The topological polar surface area (TPSA) is 142 Å². The highest BCUT2D eigenvalue weighted by Crippen LogP contribution is 2.45. The third-order valence-corrected chi connectivity index (χ3v) is 8.74. The molecule has 3 rings (SSSR count). The van der Waals surface area contributed by atoms with E-state index in [1.54, 1.807) is 24.0 Å². The van der Waals surface area contributed by atoms with E-state index >= 15 is 0 Å². The zero-order valence-electron chi connectivity index (χ0n) is 23.7. The number of hydrogen-bond acceptors (Lipinski definition) is 6. The number of carboxylic acid groups (broad SMARTS) is 1. The molecule has 0 saturated carbocycles. The number of carbonyl (C=O) groups is 4. The van der Waals surface area contributed by atoms with E-state index in [1.807, 2.05) is 26.0 Å². The number of amides is 3. The molecule has 2 aromatic carbocycles. The predicted octanol–water partition coefficient (Wildman–Crippen LogP) is 4.98. The number of ether oxygens (including phenoxy) is 1. The number of carboxylic acids is 1. The molecule has 10 nitrogen and oxygen atoms in total. The van der Waals surface area contributed by atoms with Crippen molar-refractivity contribution in [1.82, 2.24) is 4.90 Å². The van der Waals surface area contributed by atoms with E-state index in [0.29, 0.717) is 23.6 Å². The average Bonchev–Trinajstić information content (AvgIpc) is 2.89. The first kappa shape index (κ1) is 32.1. The number of nitrogens with zero attached hydrogens (tertiary/aromatic N) is 2. The minimum atomic E-state index is -2.24. The fourth-order valence-corrected chi connectivity index (χ4v) is 6.63. The van der Waals surface area contributed by atoms with Gasteiger partial charge in [-0.05, 0) is 48.6 Å². The van der Waals surface area contributed by atoms with Gasteiger partial charge in [0, 0.05) is 46.8 Å². The third kappa shape index (κ3) is 7.85. The van der Waals surface area contributed by atoms with Gasteiger partial charge in [-0.1, -0.05) is 44.5 Å². The number of methoxy groups -OCH3 is 1. The number of nitrogens with one attached hydrogen (secondary N) is 1. The van der Waals surface area contributed by atoms with Crippen molar-refractivity contribution in [3.63, 3.8) is 0 Å². The Morgan fingerprint density at radius 1 is 1.22 bits per heavy atom. The van der Waals surface area contributed by atoms with Gasteiger partial charge in [0.15, 0.2) is 0 Å². The highest BCUT2D eigenvalue weighted by Gasteiger charge is 2.48. The third-order valence-electron chi connectivity index (χ3n) is 7.30. The number of anilines is 1. The van der Waals surface area contributed by atoms with Crippen LogP contribution in [0.4, 0.5) is 5.69 Å². The second-order valence-corrected chi connectivity index (χ2v) is 12.5. The predicted molar refractivity (Wildman–Crippen MR) is 158 cm³/mol. The van der Waals surface area contributed by atoms with E-state index in [1.165, 1.54) is 32.2 Å². The van der Waals surface area contributed by atoms with Crippen molar-refractivity contribution in [2.75, 3.05) is 18.2 Å². The molecule has 1 heterocycles. The largest absolute Gasteiger partial charge is 0.496 e. The van der Waals surface area contributed by atoms with E-state index in [2.05, 4.69) is 9.68 Å². The van der Waals surface area contributed by atoms with Gasteiger partial charge in [-0.2, -0.15) is 4.36 Å². The van der Waals surface area contributed by atoms with Crippen LogP contribution in [0.15, 0.2) is 46.8 Å². The van der Waals surface area contributed by atoms with Crippen LogP contribution in [0.2, 0.25) is 5.02 Å². The highest BCUT2D eigenvalue weighted by atomic mass is 35.5. The molecule has 1 fully saturated rings. The number of carbonyl (C=O) groups excluding carboxylic acids is 3. The van der Waals surface area contributed by atoms with Crippen LogP contribution < -0.4 is 10.1 Å². The lowest BCUT2D eigenvalue weighted by Crippen LogP contribution is -2.56. The molecule has 2 unspecified atom stereocenters. The molecule has 0 bridgehead atoms. The van der Waals surface area contributed by atoms with Gasteiger partial charge in [-0.25, -0.2) is 4.79 Å². The van der Waals surface area contributed by atoms with E-state index < -0.39 is 39.8 Å². The summed E-state index contributed by atoms with van der Waals surface area (Å²) in [5, 5.41) is 12.6. The number of thiol groups is 1. The maximum absolute atomic E-state index is 14.3. The van der Waals surface area contributed by atoms with Crippen LogP contribution in [-0.2, 0) is 25.0 Å². The fourth-order valence-electron chi connectivity index (χ4n) is 5.20. The Kier molecular flexibility index (Phi) is 10.5. The molecule has 0 spiro atoms. The summed E-state index contributed by atoms with van der Waals surface area (Å²) in [5.74, 6) is -2.39. The van der Waals surface area contributed by atoms with Gasteiger partial charge >= 0.3 is 5.97 Å². The number of halogens is 1. The van der Waals surface area contributed by atoms with Gasteiger partial charge in [0.05, 0.1) is 24.3 Å². The molecule has 222 valence electrons. The maximum Gasteiger partial charge on any atom is 0.339 e. The molecule has 0 aromatic heterocycles. The summed E-state index contributed by atoms with van der Waals surface area (Å²) in [7, 11) is -0.908. The summed E-state index contributed by atoms with van der Waals surface area (Å²) in [6, 6.07) is 10.6. The van der Waals surface area contributed by atoms with Crippen LogP contribution in [0.5, 0.6) is 5.75 Å². The lowest BCUT2D eigenvalue weighted by molar-refractivity contribution is -0.155. The first-order chi connectivity index (χ1) is 19.2. The van der Waals surface area contributed by atoms with Crippen molar-refractivity contribution in [3.05, 3.63) is 58.6 Å². The van der Waals surface area contributed by atoms with Crippen LogP contribution in [0.1, 0.15) is 68.9 Å². The first-order valence-corrected chi connectivity index (χ1v) is 15.0. The monoisotopic (exact) mass is 605 g/mol. The van der Waals surface area contributed by atoms with E-state index in [4.69, 9.17) is 16.3 Å². The van der Waals surface area contributed by atoms with Crippen molar-refractivity contribution >= 4 is 51.6 Å². The van der Waals surface area contributed by atoms with Crippen LogP contribution >= 0.6 is 11.6 Å². The Morgan fingerprint density at radius 2 is 1.88 bits per heavy atom. The lowest BCUT2D eigenvalue weighted by Gasteiger charge is -2.49. The fraction of sp³-hybridized carbons (Fsp3) is 0.448. The van der Waals surface area contributed by atoms with Crippen LogP contribution in [0, 0.1) is 11.3 Å². The summed E-state index contributed by atoms with van der Waals surface area (Å²) >= 11 is 6.11. The SMILES string of the molecule is COc1cc(NC(=O)C[C@@]2(C)CC[C@@H](c3ccc(Cl)cc3)N(C(C[SH](=O)=NC(C)=O)C(C)C)C2=O)ccc1C(=O)O. The molecule has 3 amide bonds. The van der Waals surface area contributed by atoms with Crippen molar-refractivity contribution in [2.24, 2.45) is 15.7 Å². The molecule has 12 heteroatoms. The zero-order valence-corrected chi connectivity index (χ0v) is 25.4. The molecule has 0 radical (unpaired) electrons. The normalized spacial score (nSPS) is 20.5. The van der Waals surface area contributed by atoms with Crippen molar-refractivity contribution in [1.29, 1.82) is 0 Å². The lowest BCUT2D eigenvalue weighted by atomic mass is 9.73. The number of aromatic carboxylic acids is 1. The van der Waals surface area contributed by atoms with Gasteiger partial charge in [0.1, 0.15) is 11.3 Å². The smallest absolute Gasteiger partial charge is 0.339 e. The zero-order chi connectivity index (χ0) is 30.5. The molecule has 1 saturated heterocycles. The van der Waals surface area contributed by atoms with Gasteiger partial charge in [0.25, 0.3) is 0 Å². The Balaban J connectivity index is 1.93. The minimum absolute atomic E-state index is 0.0143. The summed E-state index contributed by atoms with van der Waals surface area (Å²) in [4.78, 5) is 52.1. The maximum atomic E-state index is 14.3. The molecular weight excluding hydrogens is 570 g/mol. The number of rotatable bonds is 10. The molecule has 4 atom stereocenters. The van der Waals surface area contributed by atoms with Crippen molar-refractivity contribution in [2.45, 2.75) is 59.0 Å². The molecule has 1 aliphatic rings. The van der Waals surface area contributed by atoms with Crippen molar-refractivity contribution in [3.8, 4) is 5.75 Å². The molecule has 1 aliphatic heterocycles. The standard InChI is InChI=1S/C29H36ClN3O7S/c1-17(2)24(16-41(39)32-18(3)34)33-23(19-6-8-20(30)9-7-19)12-13-29(4,28(33)38)15-26(35)31-21-10-11-22(27(36)37)25(14-21)40-5/h6-11,14,17,23-24,41H,12-13,15-16H2,1-5H3,(H,31,35)(H,36,37)/t23-,24?,29+/m0/s1. The van der Waals surface area contributed by atoms with Gasteiger partial charge < -0.3 is 20.1 Å². The second-order valence-electron chi connectivity index (χ2n) is 10.8. The molecule has 2 N–H and O–H groups in total. The number of benzene rings is 2. The first-order valence-electron chi connectivity index (χ1n) is 13.2.